The van der Waals surface area contributed by atoms with Crippen LogP contribution >= 0.6 is 22.7 Å². The van der Waals surface area contributed by atoms with Crippen LogP contribution in [0.2, 0.25) is 0 Å². The highest BCUT2D eigenvalue weighted by atomic mass is 31.2. The molecule has 0 bridgehead atoms. The van der Waals surface area contributed by atoms with E-state index in [0.717, 1.165) is 43.2 Å². The average Bonchev–Trinajstić information content (AvgIpc) is 3.39. The van der Waals surface area contributed by atoms with Gasteiger partial charge in [0.15, 0.2) is 30.6 Å². The Labute approximate surface area is 410 Å². The third-order valence-corrected chi connectivity index (χ3v) is 16.6. The molecule has 69 heavy (non-hydrogen) atoms. The Morgan fingerprint density at radius 2 is 0.797 bits per heavy atom. The van der Waals surface area contributed by atoms with Crippen molar-refractivity contribution < 1.29 is 56.5 Å². The first-order valence-electron chi connectivity index (χ1n) is 23.2. The number of benzene rings is 5. The van der Waals surface area contributed by atoms with Gasteiger partial charge in [-0.1, -0.05) is 134 Å². The van der Waals surface area contributed by atoms with E-state index in [0.29, 0.717) is 65.0 Å². The van der Waals surface area contributed by atoms with E-state index in [1.807, 2.05) is 67.6 Å². The van der Waals surface area contributed by atoms with Gasteiger partial charge < -0.3 is 33.0 Å². The van der Waals surface area contributed by atoms with Crippen LogP contribution in [-0.2, 0) is 26.3 Å². The lowest BCUT2D eigenvalue weighted by Crippen LogP contribution is -2.10. The van der Waals surface area contributed by atoms with Crippen LogP contribution in [0.4, 0.5) is 0 Å². The largest absolute Gasteiger partial charge is 0.496 e. The molecular weight excluding hydrogens is 934 g/mol. The van der Waals surface area contributed by atoms with E-state index in [9.17, 15) is 28.1 Å². The minimum Gasteiger partial charge on any atom is -0.496 e. The van der Waals surface area contributed by atoms with E-state index in [4.69, 9.17) is 28.4 Å². The Kier molecular flexibility index (Phi) is 26.3. The number of carbonyl (C=O) groups is 3. The number of carbonyl (C=O) groups excluding carboxylic acids is 3. The van der Waals surface area contributed by atoms with Crippen LogP contribution in [0.3, 0.4) is 0 Å². The monoisotopic (exact) mass is 1000 g/mol. The normalized spacial score (nSPS) is 11.8. The number of unbranched alkanes of at least 4 members (excludes halogenated alkanes) is 6. The van der Waals surface area contributed by atoms with Crippen molar-refractivity contribution in [1.29, 1.82) is 0 Å². The van der Waals surface area contributed by atoms with E-state index in [-0.39, 0.29) is 28.3 Å². The zero-order valence-electron chi connectivity index (χ0n) is 41.4. The van der Waals surface area contributed by atoms with Crippen LogP contribution in [0.5, 0.6) is 34.5 Å². The first-order chi connectivity index (χ1) is 33.4. The van der Waals surface area contributed by atoms with Crippen molar-refractivity contribution >= 4 is 39.3 Å². The van der Waals surface area contributed by atoms with Gasteiger partial charge in [-0.05, 0) is 66.8 Å². The molecule has 0 aromatic heterocycles. The smallest absolute Gasteiger partial charge is 0.420 e. The van der Waals surface area contributed by atoms with Crippen molar-refractivity contribution in [1.82, 2.24) is 0 Å². The van der Waals surface area contributed by atoms with Gasteiger partial charge in [-0.25, -0.2) is 9.59 Å². The molecule has 3 unspecified atom stereocenters. The average molecular weight is 1000 g/mol. The van der Waals surface area contributed by atoms with E-state index < -0.39 is 28.3 Å². The zero-order valence-corrected chi connectivity index (χ0v) is 44.1. The fourth-order valence-electron chi connectivity index (χ4n) is 7.30. The van der Waals surface area contributed by atoms with Gasteiger partial charge in [-0.3, -0.25) is 4.79 Å². The lowest BCUT2D eigenvalue weighted by Gasteiger charge is -2.20. The van der Waals surface area contributed by atoms with Gasteiger partial charge in [0.2, 0.25) is 5.52 Å². The summed E-state index contributed by atoms with van der Waals surface area (Å²) in [7, 11) is 1.81. The van der Waals surface area contributed by atoms with Crippen molar-refractivity contribution in [2.45, 2.75) is 77.8 Å². The van der Waals surface area contributed by atoms with Gasteiger partial charge in [0.1, 0.15) is 40.1 Å². The maximum absolute atomic E-state index is 13.7. The molecule has 0 N–H and O–H groups in total. The van der Waals surface area contributed by atoms with Gasteiger partial charge in [0.25, 0.3) is 0 Å². The summed E-state index contributed by atoms with van der Waals surface area (Å²) in [5.41, 5.74) is 1.62. The molecule has 0 fully saturated rings. The molecule has 0 saturated heterocycles. The van der Waals surface area contributed by atoms with Gasteiger partial charge in [-0.2, -0.15) is 0 Å². The molecule has 0 heterocycles. The number of rotatable bonds is 27. The summed E-state index contributed by atoms with van der Waals surface area (Å²) in [6.45, 7) is 4.21. The van der Waals surface area contributed by atoms with E-state index in [2.05, 4.69) is 6.92 Å². The summed E-state index contributed by atoms with van der Waals surface area (Å²) in [4.78, 5) is 38.2. The summed E-state index contributed by atoms with van der Waals surface area (Å²) in [5, 5.41) is 0. The molecule has 0 aliphatic carbocycles. The molecule has 3 atom stereocenters. The Bertz CT molecular complexity index is 2390. The van der Waals surface area contributed by atoms with Crippen molar-refractivity contribution in [2.24, 2.45) is 0 Å². The van der Waals surface area contributed by atoms with Crippen LogP contribution in [0.15, 0.2) is 115 Å². The van der Waals surface area contributed by atoms with E-state index in [1.54, 1.807) is 54.6 Å². The standard InChI is InChI=1S/C20H25O4P.C17H18O4P.C17H26O4P/c1-4-5-14-25(22,15-16-10-7-6-8-11-16)20(21)19-17(23-2)12-9-13-18(19)24-3;1-20-14-9-6-10-15(21-2)16(14)17(18)22(19)12-11-13-7-4-3-5-8-13;1-4-5-6-7-8-9-13-22(19)17(18)16-14(20-2)11-10-12-15(16)21-3/h6-13H,4-5,14-15H2,1-3H3;3-10H,11-12H2,1-2H3;10-12H,4-9,13H2,1-3H3/q;2*+1. The summed E-state index contributed by atoms with van der Waals surface area (Å²) < 4.78 is 69.8. The number of ether oxygens (including phenoxy) is 6. The van der Waals surface area contributed by atoms with Crippen LogP contribution in [-0.4, -0.2) is 77.7 Å². The lowest BCUT2D eigenvalue weighted by atomic mass is 10.1. The van der Waals surface area contributed by atoms with E-state index in [1.165, 1.54) is 61.9 Å². The molecule has 15 heteroatoms. The zero-order chi connectivity index (χ0) is 50.6. The SMILES string of the molecule is CCCCCCCC[P+](=O)C(=O)c1c(OC)cccc1OC.CCCCP(=O)(Cc1ccccc1)C(=O)c1c(OC)cccc1OC.COc1cccc(OC)c1C(=O)[P+](=O)CCc1ccccc1. The van der Waals surface area contributed by atoms with Gasteiger partial charge >= 0.3 is 26.7 Å². The number of hydrogen-bond donors (Lipinski definition) is 0. The van der Waals surface area contributed by atoms with Crippen molar-refractivity contribution in [2.75, 3.05) is 61.1 Å². The lowest BCUT2D eigenvalue weighted by molar-refractivity contribution is 0.106. The molecule has 12 nitrogen and oxygen atoms in total. The quantitative estimate of drug-likeness (QED) is 0.0363. The van der Waals surface area contributed by atoms with Gasteiger partial charge in [-0.15, -0.1) is 0 Å². The van der Waals surface area contributed by atoms with Crippen molar-refractivity contribution in [3.05, 3.63) is 143 Å². The Morgan fingerprint density at radius 1 is 0.435 bits per heavy atom. The Hall–Kier alpha value is -5.66. The van der Waals surface area contributed by atoms with Crippen LogP contribution in [0, 0.1) is 0 Å². The minimum atomic E-state index is -3.15. The summed E-state index contributed by atoms with van der Waals surface area (Å²) in [6.07, 6.45) is 10.3. The molecule has 5 aromatic carbocycles. The van der Waals surface area contributed by atoms with Crippen molar-refractivity contribution in [3.63, 3.8) is 0 Å². The predicted octanol–water partition coefficient (Wildman–Crippen LogP) is 14.2. The Morgan fingerprint density at radius 3 is 1.20 bits per heavy atom. The van der Waals surface area contributed by atoms with Gasteiger partial charge in [0.05, 0.1) is 42.7 Å². The minimum absolute atomic E-state index is 0.252. The molecule has 0 radical (unpaired) electrons. The second-order valence-corrected chi connectivity index (χ2v) is 22.0. The van der Waals surface area contributed by atoms with Gasteiger partial charge in [0, 0.05) is 18.7 Å². The maximum Gasteiger partial charge on any atom is 0.420 e. The highest BCUT2D eigenvalue weighted by molar-refractivity contribution is 7.80. The first-order valence-corrected chi connectivity index (χ1v) is 28.2. The molecule has 0 amide bonds. The number of aryl methyl sites for hydroxylation is 1. The topological polar surface area (TPSA) is 158 Å². The fraction of sp³-hybridized carbons (Fsp3) is 0.389. The summed E-state index contributed by atoms with van der Waals surface area (Å²) >= 11 is 0. The molecular formula is C54H69O12P3+2. The molecule has 0 saturated carbocycles. The highest BCUT2D eigenvalue weighted by Crippen LogP contribution is 2.55. The highest BCUT2D eigenvalue weighted by Gasteiger charge is 2.37. The second-order valence-electron chi connectivity index (χ2n) is 15.8. The van der Waals surface area contributed by atoms with Crippen LogP contribution in [0.1, 0.15) is 107 Å². The van der Waals surface area contributed by atoms with E-state index >= 15 is 0 Å². The second kappa shape index (κ2) is 31.5. The molecule has 370 valence electrons. The summed E-state index contributed by atoms with van der Waals surface area (Å²) in [6, 6.07) is 34.5. The third-order valence-electron chi connectivity index (χ3n) is 11.1. The Balaban J connectivity index is 0.000000275. The first kappa shape index (κ1) is 57.7. The van der Waals surface area contributed by atoms with Crippen molar-refractivity contribution in [3.8, 4) is 34.5 Å². The van der Waals surface area contributed by atoms with Crippen LogP contribution in [0.25, 0.3) is 0 Å². The predicted molar refractivity (Wildman–Crippen MR) is 278 cm³/mol. The molecule has 5 aromatic rings. The fourth-order valence-corrected chi connectivity index (χ4v) is 12.4. The molecule has 0 aliphatic heterocycles. The number of hydrogen-bond acceptors (Lipinski definition) is 12. The third kappa shape index (κ3) is 17.7. The maximum atomic E-state index is 13.7. The summed E-state index contributed by atoms with van der Waals surface area (Å²) in [5.74, 6) is 2.38. The molecule has 0 spiro atoms. The number of methoxy groups -OCH3 is 6. The van der Waals surface area contributed by atoms with Crippen LogP contribution < -0.4 is 28.4 Å². The molecule has 0 aliphatic rings. The molecule has 5 rings (SSSR count).